The van der Waals surface area contributed by atoms with Gasteiger partial charge in [0.1, 0.15) is 0 Å². The average Bonchev–Trinajstić information content (AvgIpc) is 2.31. The third-order valence-electron chi connectivity index (χ3n) is 2.65. The van der Waals surface area contributed by atoms with Crippen molar-refractivity contribution in [1.29, 1.82) is 0 Å². The fourth-order valence-electron chi connectivity index (χ4n) is 1.73. The van der Waals surface area contributed by atoms with E-state index in [0.717, 1.165) is 11.4 Å². The zero-order valence-electron chi connectivity index (χ0n) is 9.48. The van der Waals surface area contributed by atoms with E-state index in [0.29, 0.717) is 10.6 Å². The lowest BCUT2D eigenvalue weighted by Crippen LogP contribution is -2.17. The molecule has 0 spiro atoms. The van der Waals surface area contributed by atoms with Gasteiger partial charge in [-0.1, -0.05) is 23.7 Å². The van der Waals surface area contributed by atoms with Crippen LogP contribution < -0.4 is 11.2 Å². The highest BCUT2D eigenvalue weighted by Gasteiger charge is 2.06. The van der Waals surface area contributed by atoms with Gasteiger partial charge in [-0.2, -0.15) is 0 Å². The van der Waals surface area contributed by atoms with Crippen LogP contribution in [-0.2, 0) is 6.54 Å². The molecule has 88 valence electrons. The molecule has 0 aliphatic carbocycles. The van der Waals surface area contributed by atoms with Gasteiger partial charge in [-0.25, -0.2) is 0 Å². The Hall–Kier alpha value is -1.58. The zero-order chi connectivity index (χ0) is 12.4. The molecule has 0 atom stereocenters. The Morgan fingerprint density at radius 2 is 2.06 bits per heavy atom. The summed E-state index contributed by atoms with van der Waals surface area (Å²) in [5, 5.41) is 0.641. The maximum Gasteiger partial charge on any atom is 0.186 e. The molecule has 0 radical (unpaired) electrons. The number of aryl methyl sites for hydroxylation is 1. The van der Waals surface area contributed by atoms with Crippen LogP contribution in [0.15, 0.2) is 41.3 Å². The molecule has 0 fully saturated rings. The van der Waals surface area contributed by atoms with Gasteiger partial charge in [0.15, 0.2) is 5.43 Å². The number of nitrogens with two attached hydrogens (primary N) is 1. The number of rotatable bonds is 2. The molecule has 4 heteroatoms. The first-order chi connectivity index (χ1) is 8.13. The van der Waals surface area contributed by atoms with Crippen molar-refractivity contribution in [3.05, 3.63) is 63.0 Å². The molecule has 0 aliphatic heterocycles. The molecule has 0 bridgehead atoms. The van der Waals surface area contributed by atoms with Gasteiger partial charge in [0.2, 0.25) is 0 Å². The Morgan fingerprint density at radius 3 is 2.71 bits per heavy atom. The molecule has 1 heterocycles. The molecule has 17 heavy (non-hydrogen) atoms. The lowest BCUT2D eigenvalue weighted by atomic mass is 10.2. The molecule has 0 aliphatic rings. The van der Waals surface area contributed by atoms with Crippen LogP contribution in [0, 0.1) is 6.92 Å². The van der Waals surface area contributed by atoms with Crippen LogP contribution in [0.5, 0.6) is 0 Å². The van der Waals surface area contributed by atoms with Gasteiger partial charge in [0, 0.05) is 30.1 Å². The number of pyridine rings is 1. The van der Waals surface area contributed by atoms with Crippen molar-refractivity contribution >= 4 is 11.6 Å². The molecule has 0 saturated carbocycles. The van der Waals surface area contributed by atoms with Crippen LogP contribution >= 0.6 is 11.6 Å². The minimum absolute atomic E-state index is 0.0340. The first-order valence-corrected chi connectivity index (χ1v) is 5.68. The molecular formula is C13H13ClN2O. The number of nitrogens with zero attached hydrogens (tertiary/aromatic N) is 1. The summed E-state index contributed by atoms with van der Waals surface area (Å²) >= 11 is 6.14. The lowest BCUT2D eigenvalue weighted by Gasteiger charge is -2.13. The highest BCUT2D eigenvalue weighted by Crippen LogP contribution is 2.20. The molecule has 3 nitrogen and oxygen atoms in total. The van der Waals surface area contributed by atoms with Gasteiger partial charge in [0.25, 0.3) is 0 Å². The smallest absolute Gasteiger partial charge is 0.186 e. The third kappa shape index (κ3) is 2.25. The van der Waals surface area contributed by atoms with Gasteiger partial charge in [0.05, 0.1) is 10.7 Å². The molecule has 2 rings (SSSR count). The minimum Gasteiger partial charge on any atom is -0.326 e. The second-order valence-corrected chi connectivity index (χ2v) is 4.24. The van der Waals surface area contributed by atoms with Crippen molar-refractivity contribution in [1.82, 2.24) is 4.57 Å². The van der Waals surface area contributed by atoms with E-state index in [2.05, 4.69) is 0 Å². The largest absolute Gasteiger partial charge is 0.326 e. The summed E-state index contributed by atoms with van der Waals surface area (Å²) in [7, 11) is 0. The van der Waals surface area contributed by atoms with Crippen LogP contribution in [0.2, 0.25) is 5.02 Å². The molecule has 1 aromatic heterocycles. The Labute approximate surface area is 104 Å². The summed E-state index contributed by atoms with van der Waals surface area (Å²) in [4.78, 5) is 11.6. The summed E-state index contributed by atoms with van der Waals surface area (Å²) in [6.07, 6.45) is 1.75. The van der Waals surface area contributed by atoms with Crippen molar-refractivity contribution < 1.29 is 0 Å². The van der Waals surface area contributed by atoms with E-state index in [1.807, 2.05) is 35.8 Å². The van der Waals surface area contributed by atoms with Crippen molar-refractivity contribution in [2.45, 2.75) is 13.5 Å². The molecular weight excluding hydrogens is 236 g/mol. The van der Waals surface area contributed by atoms with Gasteiger partial charge >= 0.3 is 0 Å². The van der Waals surface area contributed by atoms with Crippen LogP contribution in [0.4, 0.5) is 0 Å². The van der Waals surface area contributed by atoms with E-state index in [-0.39, 0.29) is 12.0 Å². The van der Waals surface area contributed by atoms with E-state index in [4.69, 9.17) is 17.3 Å². The van der Waals surface area contributed by atoms with Crippen LogP contribution in [0.25, 0.3) is 5.69 Å². The molecule has 1 aromatic carbocycles. The van der Waals surface area contributed by atoms with Crippen LogP contribution in [0.1, 0.15) is 11.3 Å². The summed E-state index contributed by atoms with van der Waals surface area (Å²) in [6, 6.07) is 9.07. The maximum atomic E-state index is 11.6. The van der Waals surface area contributed by atoms with E-state index in [1.54, 1.807) is 12.3 Å². The Bertz CT molecular complexity index is 605. The van der Waals surface area contributed by atoms with Crippen LogP contribution in [0.3, 0.4) is 0 Å². The number of para-hydroxylation sites is 1. The standard InChI is InChI=1S/C13H13ClN2O/c1-9-6-13(17)10(7-15)8-16(9)12-5-3-2-4-11(12)14/h2-6,8H,7,15H2,1H3. The van der Waals surface area contributed by atoms with Gasteiger partial charge < -0.3 is 10.3 Å². The number of halogens is 1. The fourth-order valence-corrected chi connectivity index (χ4v) is 1.96. The summed E-state index contributed by atoms with van der Waals surface area (Å²) in [5.41, 5.74) is 7.77. The second-order valence-electron chi connectivity index (χ2n) is 3.83. The van der Waals surface area contributed by atoms with E-state index >= 15 is 0 Å². The second kappa shape index (κ2) is 4.73. The van der Waals surface area contributed by atoms with Gasteiger partial charge in [-0.15, -0.1) is 0 Å². The molecule has 0 saturated heterocycles. The topological polar surface area (TPSA) is 48.0 Å². The normalized spacial score (nSPS) is 10.5. The predicted molar refractivity (Wildman–Crippen MR) is 69.7 cm³/mol. The van der Waals surface area contributed by atoms with Gasteiger partial charge in [-0.3, -0.25) is 4.79 Å². The fraction of sp³-hybridized carbons (Fsp3) is 0.154. The minimum atomic E-state index is -0.0340. The summed E-state index contributed by atoms with van der Waals surface area (Å²) in [6.45, 7) is 2.09. The van der Waals surface area contributed by atoms with Crippen molar-refractivity contribution in [2.75, 3.05) is 0 Å². The highest BCUT2D eigenvalue weighted by atomic mass is 35.5. The van der Waals surface area contributed by atoms with Crippen molar-refractivity contribution in [3.63, 3.8) is 0 Å². The number of aromatic nitrogens is 1. The molecule has 0 unspecified atom stereocenters. The van der Waals surface area contributed by atoms with Gasteiger partial charge in [-0.05, 0) is 19.1 Å². The first kappa shape index (κ1) is 11.9. The Kier molecular flexibility index (Phi) is 3.31. The van der Waals surface area contributed by atoms with E-state index in [1.165, 1.54) is 0 Å². The average molecular weight is 249 g/mol. The molecule has 0 amide bonds. The number of hydrogen-bond donors (Lipinski definition) is 1. The van der Waals surface area contributed by atoms with Crippen molar-refractivity contribution in [2.24, 2.45) is 5.73 Å². The third-order valence-corrected chi connectivity index (χ3v) is 2.97. The van der Waals surface area contributed by atoms with E-state index < -0.39 is 0 Å². The van der Waals surface area contributed by atoms with Crippen LogP contribution in [-0.4, -0.2) is 4.57 Å². The quantitative estimate of drug-likeness (QED) is 0.886. The molecule has 2 aromatic rings. The first-order valence-electron chi connectivity index (χ1n) is 5.30. The Morgan fingerprint density at radius 1 is 1.35 bits per heavy atom. The number of hydrogen-bond acceptors (Lipinski definition) is 2. The predicted octanol–water partition coefficient (Wildman–Crippen LogP) is 2.26. The van der Waals surface area contributed by atoms with Crippen molar-refractivity contribution in [3.8, 4) is 5.69 Å². The number of benzene rings is 1. The summed E-state index contributed by atoms with van der Waals surface area (Å²) in [5.74, 6) is 0. The maximum absolute atomic E-state index is 11.6. The summed E-state index contributed by atoms with van der Waals surface area (Å²) < 4.78 is 1.88. The highest BCUT2D eigenvalue weighted by molar-refractivity contribution is 6.32. The SMILES string of the molecule is Cc1cc(=O)c(CN)cn1-c1ccccc1Cl. The van der Waals surface area contributed by atoms with E-state index in [9.17, 15) is 4.79 Å². The molecule has 2 N–H and O–H groups in total. The zero-order valence-corrected chi connectivity index (χ0v) is 10.2. The lowest BCUT2D eigenvalue weighted by molar-refractivity contribution is 0.923. The Balaban J connectivity index is 2.68. The monoisotopic (exact) mass is 248 g/mol.